The highest BCUT2D eigenvalue weighted by atomic mass is 35.5. The van der Waals surface area contributed by atoms with Crippen LogP contribution < -0.4 is 0 Å². The van der Waals surface area contributed by atoms with Crippen LogP contribution in [-0.2, 0) is 9.59 Å². The fourth-order valence-corrected chi connectivity index (χ4v) is 2.62. The van der Waals surface area contributed by atoms with Crippen molar-refractivity contribution < 1.29 is 14.7 Å². The molecule has 0 saturated carbocycles. The van der Waals surface area contributed by atoms with E-state index in [1.165, 1.54) is 6.08 Å². The number of carboxylic acid groups (broad SMARTS) is 1. The van der Waals surface area contributed by atoms with Crippen LogP contribution in [0.1, 0.15) is 0 Å². The Bertz CT molecular complexity index is 230. The van der Waals surface area contributed by atoms with Crippen molar-refractivity contribution in [2.24, 2.45) is 0 Å². The maximum absolute atomic E-state index is 10.2. The SMILES string of the molecule is O=C(Cl)C=C1SC(C(=O)O)S1. The molecule has 1 heterocycles. The molecule has 60 valence electrons. The van der Waals surface area contributed by atoms with E-state index in [9.17, 15) is 9.59 Å². The molecule has 1 aliphatic heterocycles. The smallest absolute Gasteiger partial charge is 0.327 e. The topological polar surface area (TPSA) is 54.4 Å². The Kier molecular flexibility index (Phi) is 2.86. The van der Waals surface area contributed by atoms with Crippen molar-refractivity contribution in [1.82, 2.24) is 0 Å². The van der Waals surface area contributed by atoms with Gasteiger partial charge in [0, 0.05) is 10.3 Å². The van der Waals surface area contributed by atoms with Gasteiger partial charge in [0.05, 0.1) is 0 Å². The Morgan fingerprint density at radius 3 is 2.45 bits per heavy atom. The Balaban J connectivity index is 2.40. The predicted octanol–water partition coefficient (Wildman–Crippen LogP) is 1.48. The van der Waals surface area contributed by atoms with Gasteiger partial charge in [-0.1, -0.05) is 23.5 Å². The van der Waals surface area contributed by atoms with Gasteiger partial charge in [0.15, 0.2) is 4.58 Å². The van der Waals surface area contributed by atoms with Crippen LogP contribution >= 0.6 is 35.1 Å². The summed E-state index contributed by atoms with van der Waals surface area (Å²) in [4.78, 5) is 20.5. The number of carbonyl (C=O) groups is 2. The second kappa shape index (κ2) is 3.51. The highest BCUT2D eigenvalue weighted by molar-refractivity contribution is 8.39. The molecule has 1 aliphatic rings. The third-order valence-electron chi connectivity index (χ3n) is 0.879. The molecule has 1 N–H and O–H groups in total. The van der Waals surface area contributed by atoms with Crippen LogP contribution in [0.5, 0.6) is 0 Å². The molecule has 0 atom stereocenters. The van der Waals surface area contributed by atoms with E-state index in [2.05, 4.69) is 0 Å². The minimum atomic E-state index is -0.876. The van der Waals surface area contributed by atoms with E-state index in [0.717, 1.165) is 23.5 Å². The molecule has 0 amide bonds. The summed E-state index contributed by atoms with van der Waals surface area (Å²) in [6.45, 7) is 0. The van der Waals surface area contributed by atoms with E-state index in [1.54, 1.807) is 0 Å². The first kappa shape index (κ1) is 8.96. The van der Waals surface area contributed by atoms with E-state index in [4.69, 9.17) is 16.7 Å². The number of hydrogen-bond donors (Lipinski definition) is 1. The number of aliphatic carboxylic acids is 1. The lowest BCUT2D eigenvalue weighted by Gasteiger charge is -2.22. The number of hydrogen-bond acceptors (Lipinski definition) is 4. The minimum Gasteiger partial charge on any atom is -0.480 e. The molecule has 0 unspecified atom stereocenters. The summed E-state index contributed by atoms with van der Waals surface area (Å²) in [5.74, 6) is -0.876. The van der Waals surface area contributed by atoms with Crippen molar-refractivity contribution in [3.8, 4) is 0 Å². The van der Waals surface area contributed by atoms with Crippen LogP contribution in [0, 0.1) is 0 Å². The monoisotopic (exact) mass is 210 g/mol. The first-order valence-electron chi connectivity index (χ1n) is 2.57. The predicted molar refractivity (Wildman–Crippen MR) is 45.5 cm³/mol. The van der Waals surface area contributed by atoms with Crippen LogP contribution in [0.4, 0.5) is 0 Å². The summed E-state index contributed by atoms with van der Waals surface area (Å²) < 4.78 is 0.190. The lowest BCUT2D eigenvalue weighted by molar-refractivity contribution is -0.134. The maximum atomic E-state index is 10.2. The van der Waals surface area contributed by atoms with Crippen molar-refractivity contribution in [3.63, 3.8) is 0 Å². The summed E-state index contributed by atoms with van der Waals surface area (Å²) in [5.41, 5.74) is 0. The first-order valence-corrected chi connectivity index (χ1v) is 4.70. The van der Waals surface area contributed by atoms with Crippen molar-refractivity contribution >= 4 is 46.3 Å². The van der Waals surface area contributed by atoms with Crippen molar-refractivity contribution in [2.45, 2.75) is 4.58 Å². The van der Waals surface area contributed by atoms with Gasteiger partial charge in [0.2, 0.25) is 5.24 Å². The second-order valence-corrected chi connectivity index (χ2v) is 4.90. The van der Waals surface area contributed by atoms with Gasteiger partial charge in [-0.05, 0) is 11.6 Å². The van der Waals surface area contributed by atoms with Gasteiger partial charge in [-0.2, -0.15) is 0 Å². The first-order chi connectivity index (χ1) is 5.09. The largest absolute Gasteiger partial charge is 0.480 e. The molecule has 0 aliphatic carbocycles. The van der Waals surface area contributed by atoms with Crippen LogP contribution in [0.3, 0.4) is 0 Å². The zero-order valence-corrected chi connectivity index (χ0v) is 7.50. The Morgan fingerprint density at radius 1 is 1.55 bits per heavy atom. The number of carboxylic acids is 1. The number of rotatable bonds is 2. The van der Waals surface area contributed by atoms with Gasteiger partial charge >= 0.3 is 5.97 Å². The number of thioether (sulfide) groups is 2. The summed E-state index contributed by atoms with van der Waals surface area (Å²) in [6, 6.07) is 0. The highest BCUT2D eigenvalue weighted by Gasteiger charge is 2.31. The Labute approximate surface area is 76.2 Å². The van der Waals surface area contributed by atoms with E-state index >= 15 is 0 Å². The molecule has 1 rings (SSSR count). The van der Waals surface area contributed by atoms with Crippen molar-refractivity contribution in [2.75, 3.05) is 0 Å². The van der Waals surface area contributed by atoms with Crippen LogP contribution in [-0.4, -0.2) is 20.9 Å². The molecular formula is C5H3ClO3S2. The van der Waals surface area contributed by atoms with E-state index in [1.807, 2.05) is 0 Å². The molecule has 0 aromatic heterocycles. The molecule has 1 saturated heterocycles. The van der Waals surface area contributed by atoms with Crippen molar-refractivity contribution in [3.05, 3.63) is 10.3 Å². The Hall–Kier alpha value is -0.130. The zero-order valence-electron chi connectivity index (χ0n) is 5.11. The summed E-state index contributed by atoms with van der Waals surface area (Å²) in [7, 11) is 0. The molecule has 11 heavy (non-hydrogen) atoms. The molecule has 6 heteroatoms. The van der Waals surface area contributed by atoms with Crippen molar-refractivity contribution in [1.29, 1.82) is 0 Å². The molecule has 3 nitrogen and oxygen atoms in total. The summed E-state index contributed by atoms with van der Waals surface area (Å²) in [6.07, 6.45) is 1.22. The number of carbonyl (C=O) groups excluding carboxylic acids is 1. The Morgan fingerprint density at radius 2 is 2.09 bits per heavy atom. The average Bonchev–Trinajstić information content (AvgIpc) is 1.75. The van der Waals surface area contributed by atoms with Gasteiger partial charge in [-0.25, -0.2) is 0 Å². The van der Waals surface area contributed by atoms with Crippen LogP contribution in [0.15, 0.2) is 10.3 Å². The van der Waals surface area contributed by atoms with E-state index in [-0.39, 0.29) is 0 Å². The molecule has 0 aromatic rings. The van der Waals surface area contributed by atoms with Gasteiger partial charge in [-0.3, -0.25) is 9.59 Å². The van der Waals surface area contributed by atoms with Gasteiger partial charge in [0.25, 0.3) is 0 Å². The molecule has 1 fully saturated rings. The number of halogens is 1. The minimum absolute atomic E-state index is 0.475. The van der Waals surface area contributed by atoms with E-state index < -0.39 is 15.8 Å². The maximum Gasteiger partial charge on any atom is 0.327 e. The lowest BCUT2D eigenvalue weighted by atomic mass is 10.7. The van der Waals surface area contributed by atoms with Gasteiger partial charge in [0.1, 0.15) is 0 Å². The average molecular weight is 211 g/mol. The summed E-state index contributed by atoms with van der Waals surface area (Å²) in [5, 5.41) is 7.83. The standard InChI is InChI=1S/C5H3ClO3S2/c6-2(7)1-3-10-5(11-3)4(8)9/h1,5H,(H,8,9). The normalized spacial score (nSPS) is 22.3. The fraction of sp³-hybridized carbons (Fsp3) is 0.200. The third kappa shape index (κ3) is 2.43. The molecule has 0 spiro atoms. The third-order valence-corrected chi connectivity index (χ3v) is 3.67. The lowest BCUT2D eigenvalue weighted by Crippen LogP contribution is -2.18. The fourth-order valence-electron chi connectivity index (χ4n) is 0.481. The van der Waals surface area contributed by atoms with Gasteiger partial charge in [-0.15, -0.1) is 0 Å². The molecule has 0 aromatic carbocycles. The van der Waals surface area contributed by atoms with Gasteiger partial charge < -0.3 is 5.11 Å². The summed E-state index contributed by atoms with van der Waals surface area (Å²) >= 11 is 7.28. The number of allylic oxidation sites excluding steroid dienone is 1. The van der Waals surface area contributed by atoms with Crippen LogP contribution in [0.25, 0.3) is 0 Å². The molecular weight excluding hydrogens is 208 g/mol. The molecule has 0 radical (unpaired) electrons. The quantitative estimate of drug-likeness (QED) is 0.553. The van der Waals surface area contributed by atoms with Crippen LogP contribution in [0.2, 0.25) is 0 Å². The molecule has 0 bridgehead atoms. The zero-order chi connectivity index (χ0) is 8.43. The second-order valence-electron chi connectivity index (χ2n) is 1.67. The highest BCUT2D eigenvalue weighted by Crippen LogP contribution is 2.50. The van der Waals surface area contributed by atoms with E-state index in [0.29, 0.717) is 4.24 Å².